The zero-order valence-corrected chi connectivity index (χ0v) is 21.1. The van der Waals surface area contributed by atoms with Crippen molar-refractivity contribution in [3.63, 3.8) is 0 Å². The van der Waals surface area contributed by atoms with Crippen molar-refractivity contribution in [1.29, 1.82) is 0 Å². The van der Waals surface area contributed by atoms with Gasteiger partial charge < -0.3 is 25.4 Å². The summed E-state index contributed by atoms with van der Waals surface area (Å²) in [4.78, 5) is 36.1. The smallest absolute Gasteiger partial charge is 0.254 e. The standard InChI is InChI=1S/C25H32ClN5O4/c1-25(2,3)20(14-32)29-21(33)13-31-12-16-5-4-15(10-18(16)23(31)34)22-19(26)11-27-24(30-22)28-17-6-8-35-9-7-17/h4-5,10-11,17,20,32H,6-9,12-14H2,1-3H3,(H,29,33)(H,27,28,30). The van der Waals surface area contributed by atoms with Gasteiger partial charge >= 0.3 is 0 Å². The highest BCUT2D eigenvalue weighted by atomic mass is 35.5. The third-order valence-electron chi connectivity index (χ3n) is 6.46. The molecule has 35 heavy (non-hydrogen) atoms. The topological polar surface area (TPSA) is 117 Å². The number of aliphatic hydroxyl groups excluding tert-OH is 1. The van der Waals surface area contributed by atoms with Crippen LogP contribution in [0.2, 0.25) is 5.02 Å². The molecule has 0 aliphatic carbocycles. The number of benzene rings is 1. The second-order valence-corrected chi connectivity index (χ2v) is 10.5. The van der Waals surface area contributed by atoms with Gasteiger partial charge in [0.15, 0.2) is 0 Å². The van der Waals surface area contributed by atoms with E-state index in [1.54, 1.807) is 12.3 Å². The molecule has 1 atom stereocenters. The van der Waals surface area contributed by atoms with Crippen molar-refractivity contribution in [3.8, 4) is 11.3 Å². The molecule has 0 radical (unpaired) electrons. The Morgan fingerprint density at radius 1 is 1.31 bits per heavy atom. The number of aromatic nitrogens is 2. The molecule has 9 nitrogen and oxygen atoms in total. The number of ether oxygens (including phenoxy) is 1. The van der Waals surface area contributed by atoms with Gasteiger partial charge in [0.1, 0.15) is 6.54 Å². The Hall–Kier alpha value is -2.75. The number of anilines is 1. The van der Waals surface area contributed by atoms with Gasteiger partial charge in [-0.2, -0.15) is 0 Å². The molecule has 2 aliphatic heterocycles. The van der Waals surface area contributed by atoms with Crippen LogP contribution in [-0.2, 0) is 16.1 Å². The summed E-state index contributed by atoms with van der Waals surface area (Å²) in [7, 11) is 0. The number of carbonyl (C=O) groups excluding carboxylic acids is 2. The van der Waals surface area contributed by atoms with E-state index in [0.29, 0.717) is 47.6 Å². The van der Waals surface area contributed by atoms with Crippen molar-refractivity contribution in [1.82, 2.24) is 20.2 Å². The third kappa shape index (κ3) is 5.91. The monoisotopic (exact) mass is 501 g/mol. The molecule has 2 aliphatic rings. The van der Waals surface area contributed by atoms with E-state index in [-0.39, 0.29) is 36.4 Å². The van der Waals surface area contributed by atoms with Crippen molar-refractivity contribution >= 4 is 29.4 Å². The molecule has 1 aromatic carbocycles. The molecular formula is C25H32ClN5O4. The summed E-state index contributed by atoms with van der Waals surface area (Å²) in [5.41, 5.74) is 2.31. The molecule has 0 spiro atoms. The summed E-state index contributed by atoms with van der Waals surface area (Å²) < 4.78 is 5.40. The summed E-state index contributed by atoms with van der Waals surface area (Å²) >= 11 is 6.42. The van der Waals surface area contributed by atoms with Crippen LogP contribution in [0.25, 0.3) is 11.3 Å². The van der Waals surface area contributed by atoms with E-state index in [4.69, 9.17) is 16.3 Å². The van der Waals surface area contributed by atoms with Gasteiger partial charge in [-0.1, -0.05) is 44.5 Å². The molecule has 188 valence electrons. The quantitative estimate of drug-likeness (QED) is 0.534. The van der Waals surface area contributed by atoms with Gasteiger partial charge in [-0.15, -0.1) is 0 Å². The maximum atomic E-state index is 13.1. The Kier molecular flexibility index (Phi) is 7.59. The maximum absolute atomic E-state index is 13.1. The number of nitrogens with zero attached hydrogens (tertiary/aromatic N) is 3. The van der Waals surface area contributed by atoms with E-state index >= 15 is 0 Å². The van der Waals surface area contributed by atoms with E-state index in [2.05, 4.69) is 20.6 Å². The van der Waals surface area contributed by atoms with Crippen LogP contribution in [0.5, 0.6) is 0 Å². The average molecular weight is 502 g/mol. The van der Waals surface area contributed by atoms with E-state index in [9.17, 15) is 14.7 Å². The number of halogens is 1. The summed E-state index contributed by atoms with van der Waals surface area (Å²) in [6.45, 7) is 7.32. The molecule has 3 heterocycles. The van der Waals surface area contributed by atoms with Gasteiger partial charge in [0.2, 0.25) is 11.9 Å². The minimum atomic E-state index is -0.398. The largest absolute Gasteiger partial charge is 0.394 e. The van der Waals surface area contributed by atoms with Crippen LogP contribution in [-0.4, -0.2) is 70.2 Å². The number of nitrogens with one attached hydrogen (secondary N) is 2. The average Bonchev–Trinajstić information content (AvgIpc) is 3.13. The lowest BCUT2D eigenvalue weighted by molar-refractivity contribution is -0.123. The fraction of sp³-hybridized carbons (Fsp3) is 0.520. The number of hydrogen-bond acceptors (Lipinski definition) is 7. The van der Waals surface area contributed by atoms with Gasteiger partial charge in [0, 0.05) is 36.9 Å². The lowest BCUT2D eigenvalue weighted by atomic mass is 9.87. The van der Waals surface area contributed by atoms with Crippen LogP contribution in [0.15, 0.2) is 24.4 Å². The summed E-state index contributed by atoms with van der Waals surface area (Å²) in [5.74, 6) is -0.0409. The minimum Gasteiger partial charge on any atom is -0.394 e. The molecule has 0 saturated carbocycles. The van der Waals surface area contributed by atoms with Gasteiger partial charge in [-0.25, -0.2) is 9.97 Å². The van der Waals surface area contributed by atoms with Crippen LogP contribution in [0.1, 0.15) is 49.5 Å². The van der Waals surface area contributed by atoms with Gasteiger partial charge in [0.05, 0.1) is 29.6 Å². The predicted molar refractivity (Wildman–Crippen MR) is 133 cm³/mol. The number of carbonyl (C=O) groups is 2. The second kappa shape index (κ2) is 10.5. The molecule has 3 N–H and O–H groups in total. The highest BCUT2D eigenvalue weighted by Crippen LogP contribution is 2.31. The highest BCUT2D eigenvalue weighted by Gasteiger charge is 2.31. The first-order valence-corrected chi connectivity index (χ1v) is 12.2. The first kappa shape index (κ1) is 25.3. The zero-order chi connectivity index (χ0) is 25.2. The molecule has 1 saturated heterocycles. The van der Waals surface area contributed by atoms with Crippen molar-refractivity contribution in [3.05, 3.63) is 40.5 Å². The van der Waals surface area contributed by atoms with E-state index in [1.807, 2.05) is 32.9 Å². The summed E-state index contributed by atoms with van der Waals surface area (Å²) in [5, 5.41) is 16.2. The van der Waals surface area contributed by atoms with E-state index < -0.39 is 6.04 Å². The van der Waals surface area contributed by atoms with Gasteiger partial charge in [-0.3, -0.25) is 9.59 Å². The lowest BCUT2D eigenvalue weighted by Crippen LogP contribution is -2.49. The molecule has 2 aromatic rings. The second-order valence-electron chi connectivity index (χ2n) is 10.1. The normalized spacial score (nSPS) is 17.3. The number of amides is 2. The van der Waals surface area contributed by atoms with Crippen LogP contribution in [0, 0.1) is 5.41 Å². The maximum Gasteiger partial charge on any atom is 0.254 e. The third-order valence-corrected chi connectivity index (χ3v) is 6.74. The number of rotatable bonds is 7. The minimum absolute atomic E-state index is 0.0805. The summed E-state index contributed by atoms with van der Waals surface area (Å²) in [6.07, 6.45) is 3.32. The molecule has 1 unspecified atom stereocenters. The van der Waals surface area contributed by atoms with Crippen LogP contribution in [0.4, 0.5) is 5.95 Å². The van der Waals surface area contributed by atoms with Crippen molar-refractivity contribution in [2.75, 3.05) is 31.7 Å². The highest BCUT2D eigenvalue weighted by molar-refractivity contribution is 6.33. The molecule has 4 rings (SSSR count). The van der Waals surface area contributed by atoms with E-state index in [0.717, 1.165) is 18.4 Å². The summed E-state index contributed by atoms with van der Waals surface area (Å²) in [6, 6.07) is 5.36. The Morgan fingerprint density at radius 2 is 2.06 bits per heavy atom. The molecule has 0 bridgehead atoms. The fourth-order valence-electron chi connectivity index (χ4n) is 4.25. The Balaban J connectivity index is 1.48. The Labute approximate surface area is 210 Å². The Bertz CT molecular complexity index is 1100. The Morgan fingerprint density at radius 3 is 2.74 bits per heavy atom. The molecule has 2 amide bonds. The number of aliphatic hydroxyl groups is 1. The first-order valence-electron chi connectivity index (χ1n) is 11.9. The molecule has 1 aromatic heterocycles. The van der Waals surface area contributed by atoms with Gasteiger partial charge in [0.25, 0.3) is 5.91 Å². The fourth-order valence-corrected chi connectivity index (χ4v) is 4.45. The number of hydrogen-bond donors (Lipinski definition) is 3. The van der Waals surface area contributed by atoms with Gasteiger partial charge in [-0.05, 0) is 29.9 Å². The van der Waals surface area contributed by atoms with Crippen molar-refractivity contribution < 1.29 is 19.4 Å². The van der Waals surface area contributed by atoms with Crippen LogP contribution in [0.3, 0.4) is 0 Å². The lowest BCUT2D eigenvalue weighted by Gasteiger charge is -2.30. The van der Waals surface area contributed by atoms with Crippen molar-refractivity contribution in [2.45, 2.75) is 52.2 Å². The molecular weight excluding hydrogens is 470 g/mol. The SMILES string of the molecule is CC(C)(C)C(CO)NC(=O)CN1Cc2ccc(-c3nc(NC4CCOCC4)ncc3Cl)cc2C1=O. The molecule has 1 fully saturated rings. The van der Waals surface area contributed by atoms with Crippen LogP contribution >= 0.6 is 11.6 Å². The number of fused-ring (bicyclic) bond motifs is 1. The first-order chi connectivity index (χ1) is 16.7. The zero-order valence-electron chi connectivity index (χ0n) is 20.3. The molecule has 10 heteroatoms. The predicted octanol–water partition coefficient (Wildman–Crippen LogP) is 2.87. The van der Waals surface area contributed by atoms with Crippen LogP contribution < -0.4 is 10.6 Å². The van der Waals surface area contributed by atoms with E-state index in [1.165, 1.54) is 4.90 Å². The van der Waals surface area contributed by atoms with Crippen molar-refractivity contribution in [2.24, 2.45) is 5.41 Å².